The Labute approximate surface area is 219 Å². The summed E-state index contributed by atoms with van der Waals surface area (Å²) >= 11 is 0. The fraction of sp³-hybridized carbons (Fsp3) is 0.355. The molecule has 6 nitrogen and oxygen atoms in total. The molecular formula is C31H37N3O3. The highest BCUT2D eigenvalue weighted by Crippen LogP contribution is 2.22. The van der Waals surface area contributed by atoms with Gasteiger partial charge in [-0.05, 0) is 66.3 Å². The van der Waals surface area contributed by atoms with Gasteiger partial charge in [0, 0.05) is 19.5 Å². The SMILES string of the molecule is CCC(C)c1ccc(OCCCn2c(CCNC(=O)Cc3ccc(OC)cc3)nc3ccccc32)cc1. The number of fused-ring (bicyclic) bond motifs is 1. The zero-order valence-corrected chi connectivity index (χ0v) is 22.1. The van der Waals surface area contributed by atoms with E-state index in [-0.39, 0.29) is 5.91 Å². The highest BCUT2D eigenvalue weighted by Gasteiger charge is 2.11. The van der Waals surface area contributed by atoms with E-state index in [0.717, 1.165) is 53.3 Å². The van der Waals surface area contributed by atoms with Crippen LogP contribution in [-0.2, 0) is 24.2 Å². The molecule has 3 aromatic carbocycles. The summed E-state index contributed by atoms with van der Waals surface area (Å²) < 4.78 is 13.4. The number of imidazole rings is 1. The van der Waals surface area contributed by atoms with Crippen molar-refractivity contribution in [3.8, 4) is 11.5 Å². The fourth-order valence-electron chi connectivity index (χ4n) is 4.41. The number of aromatic nitrogens is 2. The normalized spacial score (nSPS) is 11.9. The smallest absolute Gasteiger partial charge is 0.224 e. The first-order valence-corrected chi connectivity index (χ1v) is 13.1. The molecule has 0 bridgehead atoms. The maximum atomic E-state index is 12.4. The standard InChI is InChI=1S/C31H37N3O3/c1-4-23(2)25-12-16-27(17-13-25)37-21-7-20-34-29-9-6-5-8-28(29)33-30(34)18-19-32-31(35)22-24-10-14-26(36-3)15-11-24/h5-6,8-17,23H,4,7,18-22H2,1-3H3,(H,32,35). The summed E-state index contributed by atoms with van der Waals surface area (Å²) in [6, 6.07) is 24.2. The number of benzene rings is 3. The number of ether oxygens (including phenoxy) is 2. The van der Waals surface area contributed by atoms with Crippen LogP contribution in [0, 0.1) is 0 Å². The van der Waals surface area contributed by atoms with Gasteiger partial charge in [-0.3, -0.25) is 4.79 Å². The number of carbonyl (C=O) groups is 1. The molecule has 1 atom stereocenters. The van der Waals surface area contributed by atoms with Gasteiger partial charge < -0.3 is 19.4 Å². The zero-order chi connectivity index (χ0) is 26.0. The van der Waals surface area contributed by atoms with Gasteiger partial charge in [-0.15, -0.1) is 0 Å². The summed E-state index contributed by atoms with van der Waals surface area (Å²) in [5.41, 5.74) is 4.39. The molecule has 1 N–H and O–H groups in total. The van der Waals surface area contributed by atoms with Gasteiger partial charge >= 0.3 is 0 Å². The lowest BCUT2D eigenvalue weighted by Gasteiger charge is -2.12. The van der Waals surface area contributed by atoms with Crippen LogP contribution in [0.4, 0.5) is 0 Å². The number of rotatable bonds is 13. The number of nitrogens with zero attached hydrogens (tertiary/aromatic N) is 2. The van der Waals surface area contributed by atoms with Crippen LogP contribution in [0.3, 0.4) is 0 Å². The minimum atomic E-state index is 0.000534. The lowest BCUT2D eigenvalue weighted by atomic mass is 9.99. The number of para-hydroxylation sites is 2. The third-order valence-corrected chi connectivity index (χ3v) is 6.78. The molecule has 0 saturated heterocycles. The minimum Gasteiger partial charge on any atom is -0.497 e. The Bertz CT molecular complexity index is 1280. The molecule has 0 saturated carbocycles. The van der Waals surface area contributed by atoms with Gasteiger partial charge in [0.05, 0.1) is 31.2 Å². The van der Waals surface area contributed by atoms with Crippen LogP contribution in [-0.4, -0.2) is 35.7 Å². The molecule has 1 aromatic heterocycles. The zero-order valence-electron chi connectivity index (χ0n) is 22.1. The van der Waals surface area contributed by atoms with E-state index >= 15 is 0 Å². The van der Waals surface area contributed by atoms with Gasteiger partial charge in [-0.1, -0.05) is 50.2 Å². The van der Waals surface area contributed by atoms with Crippen LogP contribution in [0.1, 0.15) is 49.6 Å². The number of amides is 1. The predicted octanol–water partition coefficient (Wildman–Crippen LogP) is 5.93. The van der Waals surface area contributed by atoms with Gasteiger partial charge in [-0.25, -0.2) is 4.98 Å². The van der Waals surface area contributed by atoms with E-state index in [1.807, 2.05) is 42.5 Å². The van der Waals surface area contributed by atoms with E-state index in [0.29, 0.717) is 31.9 Å². The van der Waals surface area contributed by atoms with Crippen LogP contribution in [0.15, 0.2) is 72.8 Å². The largest absolute Gasteiger partial charge is 0.497 e. The number of nitrogens with one attached hydrogen (secondary N) is 1. The summed E-state index contributed by atoms with van der Waals surface area (Å²) in [4.78, 5) is 17.3. The van der Waals surface area contributed by atoms with E-state index in [1.165, 1.54) is 5.56 Å². The molecule has 1 heterocycles. The molecule has 6 heteroatoms. The Morgan fingerprint density at radius 3 is 2.46 bits per heavy atom. The average Bonchev–Trinajstić information content (AvgIpc) is 3.28. The maximum absolute atomic E-state index is 12.4. The van der Waals surface area contributed by atoms with Gasteiger partial charge in [0.2, 0.25) is 5.91 Å². The summed E-state index contributed by atoms with van der Waals surface area (Å²) in [7, 11) is 1.63. The van der Waals surface area contributed by atoms with E-state index < -0.39 is 0 Å². The van der Waals surface area contributed by atoms with Gasteiger partial charge in [-0.2, -0.15) is 0 Å². The number of aryl methyl sites for hydroxylation is 1. The number of hydrogen-bond acceptors (Lipinski definition) is 4. The van der Waals surface area contributed by atoms with E-state index in [9.17, 15) is 4.79 Å². The van der Waals surface area contributed by atoms with Crippen molar-refractivity contribution in [2.45, 2.75) is 52.0 Å². The first kappa shape index (κ1) is 26.3. The molecule has 37 heavy (non-hydrogen) atoms. The number of methoxy groups -OCH3 is 1. The first-order valence-electron chi connectivity index (χ1n) is 13.1. The second-order valence-corrected chi connectivity index (χ2v) is 9.37. The second-order valence-electron chi connectivity index (χ2n) is 9.37. The third-order valence-electron chi connectivity index (χ3n) is 6.78. The van der Waals surface area contributed by atoms with Crippen LogP contribution in [0.2, 0.25) is 0 Å². The highest BCUT2D eigenvalue weighted by molar-refractivity contribution is 5.78. The Morgan fingerprint density at radius 2 is 1.73 bits per heavy atom. The van der Waals surface area contributed by atoms with Crippen molar-refractivity contribution in [2.75, 3.05) is 20.3 Å². The summed E-state index contributed by atoms with van der Waals surface area (Å²) in [5.74, 6) is 3.23. The fourth-order valence-corrected chi connectivity index (χ4v) is 4.41. The van der Waals surface area contributed by atoms with Crippen molar-refractivity contribution in [3.63, 3.8) is 0 Å². The van der Waals surface area contributed by atoms with Crippen molar-refractivity contribution in [1.82, 2.24) is 14.9 Å². The Kier molecular flexibility index (Phi) is 9.19. The van der Waals surface area contributed by atoms with Crippen LogP contribution in [0.5, 0.6) is 11.5 Å². The van der Waals surface area contributed by atoms with Crippen molar-refractivity contribution in [1.29, 1.82) is 0 Å². The van der Waals surface area contributed by atoms with E-state index in [2.05, 4.69) is 54.1 Å². The Hall–Kier alpha value is -3.80. The highest BCUT2D eigenvalue weighted by atomic mass is 16.5. The van der Waals surface area contributed by atoms with Gasteiger partial charge in [0.25, 0.3) is 0 Å². The molecule has 1 unspecified atom stereocenters. The second kappa shape index (κ2) is 12.9. The van der Waals surface area contributed by atoms with Crippen molar-refractivity contribution in [3.05, 3.63) is 89.7 Å². The van der Waals surface area contributed by atoms with E-state index in [1.54, 1.807) is 7.11 Å². The number of hydrogen-bond donors (Lipinski definition) is 1. The molecule has 0 aliphatic heterocycles. The molecule has 0 aliphatic carbocycles. The predicted molar refractivity (Wildman–Crippen MR) is 148 cm³/mol. The van der Waals surface area contributed by atoms with E-state index in [4.69, 9.17) is 14.5 Å². The molecule has 4 aromatic rings. The van der Waals surface area contributed by atoms with Gasteiger partial charge in [0.15, 0.2) is 0 Å². The van der Waals surface area contributed by atoms with Crippen molar-refractivity contribution in [2.24, 2.45) is 0 Å². The molecule has 0 spiro atoms. The molecule has 0 aliphatic rings. The summed E-state index contributed by atoms with van der Waals surface area (Å²) in [6.07, 6.45) is 3.01. The molecule has 194 valence electrons. The van der Waals surface area contributed by atoms with Crippen LogP contribution >= 0.6 is 0 Å². The van der Waals surface area contributed by atoms with Crippen molar-refractivity contribution < 1.29 is 14.3 Å². The average molecular weight is 500 g/mol. The minimum absolute atomic E-state index is 0.000534. The molecule has 1 amide bonds. The molecule has 0 fully saturated rings. The lowest BCUT2D eigenvalue weighted by molar-refractivity contribution is -0.120. The van der Waals surface area contributed by atoms with Gasteiger partial charge in [0.1, 0.15) is 17.3 Å². The topological polar surface area (TPSA) is 65.4 Å². The molecular weight excluding hydrogens is 462 g/mol. The third kappa shape index (κ3) is 7.13. The van der Waals surface area contributed by atoms with Crippen LogP contribution in [0.25, 0.3) is 11.0 Å². The first-order chi connectivity index (χ1) is 18.1. The van der Waals surface area contributed by atoms with Crippen molar-refractivity contribution >= 4 is 16.9 Å². The monoisotopic (exact) mass is 499 g/mol. The quantitative estimate of drug-likeness (QED) is 0.232. The Morgan fingerprint density at radius 1 is 1.00 bits per heavy atom. The molecule has 0 radical (unpaired) electrons. The lowest BCUT2D eigenvalue weighted by Crippen LogP contribution is -2.28. The van der Waals surface area contributed by atoms with Crippen LogP contribution < -0.4 is 14.8 Å². The maximum Gasteiger partial charge on any atom is 0.224 e. The molecule has 4 rings (SSSR count). The number of carbonyl (C=O) groups excluding carboxylic acids is 1. The summed E-state index contributed by atoms with van der Waals surface area (Å²) in [5, 5.41) is 3.04. The Balaban J connectivity index is 1.30. The summed E-state index contributed by atoms with van der Waals surface area (Å²) in [6.45, 7) is 6.43.